The minimum Gasteiger partial charge on any atom is -0.381 e. The first-order valence-electron chi connectivity index (χ1n) is 9.86. The van der Waals surface area contributed by atoms with Crippen LogP contribution in [0.3, 0.4) is 0 Å². The van der Waals surface area contributed by atoms with E-state index in [4.69, 9.17) is 9.47 Å². The highest BCUT2D eigenvalue weighted by Gasteiger charge is 2.16. The maximum absolute atomic E-state index is 10.6. The van der Waals surface area contributed by atoms with E-state index >= 15 is 0 Å². The molecule has 0 aliphatic rings. The summed E-state index contributed by atoms with van der Waals surface area (Å²) in [6.07, 6.45) is 10.7. The fourth-order valence-electron chi connectivity index (χ4n) is 2.74. The lowest BCUT2D eigenvalue weighted by Crippen LogP contribution is -2.12. The summed E-state index contributed by atoms with van der Waals surface area (Å²) >= 11 is 0. The van der Waals surface area contributed by atoms with Gasteiger partial charge in [-0.15, -0.1) is 0 Å². The van der Waals surface area contributed by atoms with Crippen molar-refractivity contribution in [1.29, 1.82) is 0 Å². The first-order valence-corrected chi connectivity index (χ1v) is 9.86. The first kappa shape index (κ1) is 24.3. The molecule has 148 valence electrons. The standard InChI is InChI=1S/C21H40O4/c1-20(2,12-14-22)10-5-7-16-24-18-9-19-25-17-8-6-11-21(3,4)13-15-23/h14-15H,5-13,16-19H2,1-4H3. The Labute approximate surface area is 155 Å². The summed E-state index contributed by atoms with van der Waals surface area (Å²) < 4.78 is 11.3. The van der Waals surface area contributed by atoms with E-state index in [9.17, 15) is 9.59 Å². The van der Waals surface area contributed by atoms with Crippen LogP contribution in [-0.2, 0) is 19.1 Å². The Kier molecular flexibility index (Phi) is 14.0. The van der Waals surface area contributed by atoms with Crippen molar-refractivity contribution in [1.82, 2.24) is 0 Å². The van der Waals surface area contributed by atoms with Crippen LogP contribution in [-0.4, -0.2) is 39.0 Å². The van der Waals surface area contributed by atoms with Gasteiger partial charge >= 0.3 is 0 Å². The molecule has 0 rings (SSSR count). The van der Waals surface area contributed by atoms with Crippen molar-refractivity contribution in [2.24, 2.45) is 10.8 Å². The molecule has 0 aliphatic heterocycles. The molecule has 0 fully saturated rings. The molecule has 0 aromatic carbocycles. The van der Waals surface area contributed by atoms with Gasteiger partial charge in [-0.25, -0.2) is 0 Å². The molecule has 0 saturated carbocycles. The molecule has 0 unspecified atom stereocenters. The van der Waals surface area contributed by atoms with Crippen LogP contribution >= 0.6 is 0 Å². The summed E-state index contributed by atoms with van der Waals surface area (Å²) in [6, 6.07) is 0. The number of hydrogen-bond donors (Lipinski definition) is 0. The van der Waals surface area contributed by atoms with E-state index in [1.165, 1.54) is 0 Å². The van der Waals surface area contributed by atoms with Gasteiger partial charge < -0.3 is 19.1 Å². The number of hydrogen-bond acceptors (Lipinski definition) is 4. The van der Waals surface area contributed by atoms with E-state index in [1.807, 2.05) is 0 Å². The molecule has 0 radical (unpaired) electrons. The summed E-state index contributed by atoms with van der Waals surface area (Å²) in [7, 11) is 0. The number of aldehydes is 2. The van der Waals surface area contributed by atoms with Gasteiger partial charge in [0.1, 0.15) is 12.6 Å². The predicted octanol–water partition coefficient (Wildman–Crippen LogP) is 4.98. The van der Waals surface area contributed by atoms with Crippen molar-refractivity contribution in [3.05, 3.63) is 0 Å². The molecule has 0 bridgehead atoms. The second-order valence-electron chi connectivity index (χ2n) is 8.56. The van der Waals surface area contributed by atoms with Crippen molar-refractivity contribution in [2.45, 2.75) is 85.5 Å². The zero-order valence-corrected chi connectivity index (χ0v) is 17.0. The van der Waals surface area contributed by atoms with E-state index < -0.39 is 0 Å². The Bertz CT molecular complexity index is 305. The van der Waals surface area contributed by atoms with Crippen LogP contribution < -0.4 is 0 Å². The summed E-state index contributed by atoms with van der Waals surface area (Å²) in [5.74, 6) is 0. The lowest BCUT2D eigenvalue weighted by atomic mass is 9.84. The molecule has 0 saturated heterocycles. The largest absolute Gasteiger partial charge is 0.381 e. The van der Waals surface area contributed by atoms with Crippen LogP contribution in [0.2, 0.25) is 0 Å². The number of unbranched alkanes of at least 4 members (excludes halogenated alkanes) is 2. The van der Waals surface area contributed by atoms with Gasteiger partial charge in [0, 0.05) is 39.3 Å². The molecule has 0 amide bonds. The summed E-state index contributed by atoms with van der Waals surface area (Å²) in [5.41, 5.74) is 0.246. The van der Waals surface area contributed by atoms with E-state index in [0.29, 0.717) is 12.8 Å². The topological polar surface area (TPSA) is 52.6 Å². The molecule has 0 N–H and O–H groups in total. The third kappa shape index (κ3) is 16.5. The van der Waals surface area contributed by atoms with Crippen molar-refractivity contribution in [3.8, 4) is 0 Å². The fraction of sp³-hybridized carbons (Fsp3) is 0.905. The molecular formula is C21H40O4. The normalized spacial score (nSPS) is 12.3. The molecule has 0 aromatic rings. The van der Waals surface area contributed by atoms with Crippen LogP contribution in [0.1, 0.15) is 85.5 Å². The summed E-state index contributed by atoms with van der Waals surface area (Å²) in [5, 5.41) is 0. The Morgan fingerprint density at radius 1 is 0.600 bits per heavy atom. The van der Waals surface area contributed by atoms with Crippen molar-refractivity contribution in [2.75, 3.05) is 26.4 Å². The average Bonchev–Trinajstić information content (AvgIpc) is 2.51. The molecule has 0 heterocycles. The molecule has 0 aromatic heterocycles. The van der Waals surface area contributed by atoms with E-state index in [-0.39, 0.29) is 10.8 Å². The summed E-state index contributed by atoms with van der Waals surface area (Å²) in [6.45, 7) is 11.7. The van der Waals surface area contributed by atoms with Gasteiger partial charge in [0.05, 0.1) is 0 Å². The van der Waals surface area contributed by atoms with Crippen molar-refractivity contribution in [3.63, 3.8) is 0 Å². The average molecular weight is 357 g/mol. The SMILES string of the molecule is CC(C)(CC=O)CCCCOCCCOCCCCC(C)(C)CC=O. The third-order valence-electron chi connectivity index (χ3n) is 4.63. The highest BCUT2D eigenvalue weighted by atomic mass is 16.5. The van der Waals surface area contributed by atoms with Gasteiger partial charge in [-0.3, -0.25) is 0 Å². The van der Waals surface area contributed by atoms with Gasteiger partial charge in [-0.05, 0) is 42.9 Å². The van der Waals surface area contributed by atoms with Crippen LogP contribution in [0, 0.1) is 10.8 Å². The highest BCUT2D eigenvalue weighted by Crippen LogP contribution is 2.26. The van der Waals surface area contributed by atoms with Gasteiger partial charge in [-0.2, -0.15) is 0 Å². The van der Waals surface area contributed by atoms with Crippen LogP contribution in [0.15, 0.2) is 0 Å². The highest BCUT2D eigenvalue weighted by molar-refractivity contribution is 5.50. The molecule has 0 spiro atoms. The Hall–Kier alpha value is -0.740. The maximum Gasteiger partial charge on any atom is 0.120 e. The third-order valence-corrected chi connectivity index (χ3v) is 4.63. The Balaban J connectivity index is 3.29. The zero-order valence-electron chi connectivity index (χ0n) is 17.0. The van der Waals surface area contributed by atoms with E-state index in [2.05, 4.69) is 27.7 Å². The first-order chi connectivity index (χ1) is 11.8. The number of ether oxygens (including phenoxy) is 2. The zero-order chi connectivity index (χ0) is 19.0. The molecule has 4 heteroatoms. The lowest BCUT2D eigenvalue weighted by molar-refractivity contribution is -0.110. The van der Waals surface area contributed by atoms with Gasteiger partial charge in [0.25, 0.3) is 0 Å². The molecule has 25 heavy (non-hydrogen) atoms. The number of carbonyl (C=O) groups is 2. The number of carbonyl (C=O) groups excluding carboxylic acids is 2. The maximum atomic E-state index is 10.6. The smallest absolute Gasteiger partial charge is 0.120 e. The minimum atomic E-state index is 0.123. The molecular weight excluding hydrogens is 316 g/mol. The van der Waals surface area contributed by atoms with Gasteiger partial charge in [0.2, 0.25) is 0 Å². The monoisotopic (exact) mass is 356 g/mol. The number of rotatable bonds is 18. The van der Waals surface area contributed by atoms with Crippen LogP contribution in [0.25, 0.3) is 0 Å². The second kappa shape index (κ2) is 14.4. The van der Waals surface area contributed by atoms with Crippen molar-refractivity contribution < 1.29 is 19.1 Å². The van der Waals surface area contributed by atoms with Gasteiger partial charge in [0.15, 0.2) is 0 Å². The quantitative estimate of drug-likeness (QED) is 0.257. The lowest BCUT2D eigenvalue weighted by Gasteiger charge is -2.21. The van der Waals surface area contributed by atoms with E-state index in [1.54, 1.807) is 0 Å². The molecule has 0 aliphatic carbocycles. The second-order valence-corrected chi connectivity index (χ2v) is 8.56. The van der Waals surface area contributed by atoms with E-state index in [0.717, 1.165) is 83.9 Å². The molecule has 4 nitrogen and oxygen atoms in total. The van der Waals surface area contributed by atoms with Gasteiger partial charge in [-0.1, -0.05) is 40.5 Å². The Morgan fingerprint density at radius 2 is 0.960 bits per heavy atom. The van der Waals surface area contributed by atoms with Crippen LogP contribution in [0.4, 0.5) is 0 Å². The molecule has 0 atom stereocenters. The van der Waals surface area contributed by atoms with Crippen molar-refractivity contribution >= 4 is 12.6 Å². The fourth-order valence-corrected chi connectivity index (χ4v) is 2.74. The minimum absolute atomic E-state index is 0.123. The Morgan fingerprint density at radius 3 is 1.32 bits per heavy atom. The summed E-state index contributed by atoms with van der Waals surface area (Å²) in [4.78, 5) is 21.1. The predicted molar refractivity (Wildman–Crippen MR) is 103 cm³/mol. The van der Waals surface area contributed by atoms with Crippen LogP contribution in [0.5, 0.6) is 0 Å².